The molecule has 10 heteroatoms. The summed E-state index contributed by atoms with van der Waals surface area (Å²) in [5.74, 6) is -1.46. The summed E-state index contributed by atoms with van der Waals surface area (Å²) in [5.41, 5.74) is 0.749. The average Bonchev–Trinajstić information content (AvgIpc) is 2.57. The van der Waals surface area contributed by atoms with Crippen molar-refractivity contribution in [3.8, 4) is 0 Å². The number of anilines is 1. The molecule has 0 bridgehead atoms. The van der Waals surface area contributed by atoms with E-state index in [9.17, 15) is 19.7 Å². The smallest absolute Gasteiger partial charge is 0.340 e. The van der Waals surface area contributed by atoms with Crippen molar-refractivity contribution in [2.75, 3.05) is 11.9 Å². The highest BCUT2D eigenvalue weighted by Gasteiger charge is 2.15. The van der Waals surface area contributed by atoms with Crippen molar-refractivity contribution in [3.63, 3.8) is 0 Å². The van der Waals surface area contributed by atoms with Crippen molar-refractivity contribution in [1.82, 2.24) is 4.98 Å². The number of amides is 1. The maximum absolute atomic E-state index is 11.9. The normalized spacial score (nSPS) is 10.2. The van der Waals surface area contributed by atoms with Gasteiger partial charge >= 0.3 is 5.97 Å². The standard InChI is InChI=1S/C15H11Cl2N3O5/c1-8-2-3-10(20(23)24)5-12(8)19-13(21)7-25-15(22)9-4-11(16)14(17)18-6-9/h2-6H,7H2,1H3,(H,19,21). The van der Waals surface area contributed by atoms with E-state index in [0.717, 1.165) is 0 Å². The van der Waals surface area contributed by atoms with Crippen molar-refractivity contribution in [1.29, 1.82) is 0 Å². The number of aryl methyl sites for hydroxylation is 1. The van der Waals surface area contributed by atoms with Gasteiger partial charge in [-0.2, -0.15) is 0 Å². The largest absolute Gasteiger partial charge is 0.452 e. The van der Waals surface area contributed by atoms with Gasteiger partial charge in [-0.15, -0.1) is 0 Å². The highest BCUT2D eigenvalue weighted by molar-refractivity contribution is 6.41. The topological polar surface area (TPSA) is 111 Å². The van der Waals surface area contributed by atoms with E-state index in [1.165, 1.54) is 30.5 Å². The molecule has 0 saturated heterocycles. The van der Waals surface area contributed by atoms with E-state index < -0.39 is 23.4 Å². The molecule has 8 nitrogen and oxygen atoms in total. The van der Waals surface area contributed by atoms with Gasteiger partial charge in [0.25, 0.3) is 11.6 Å². The van der Waals surface area contributed by atoms with Gasteiger partial charge in [-0.25, -0.2) is 9.78 Å². The number of hydrogen-bond donors (Lipinski definition) is 1. The first kappa shape index (κ1) is 18.6. The number of esters is 1. The van der Waals surface area contributed by atoms with Crippen molar-refractivity contribution in [2.45, 2.75) is 6.92 Å². The lowest BCUT2D eigenvalue weighted by atomic mass is 10.2. The summed E-state index contributed by atoms with van der Waals surface area (Å²) in [6.45, 7) is 1.09. The van der Waals surface area contributed by atoms with Crippen LogP contribution in [0.5, 0.6) is 0 Å². The third kappa shape index (κ3) is 4.88. The fraction of sp³-hybridized carbons (Fsp3) is 0.133. The number of non-ortho nitro benzene ring substituents is 1. The molecule has 0 aliphatic rings. The van der Waals surface area contributed by atoms with Crippen LogP contribution >= 0.6 is 23.2 Å². The number of aromatic nitrogens is 1. The number of benzene rings is 1. The van der Waals surface area contributed by atoms with E-state index in [2.05, 4.69) is 10.3 Å². The molecule has 1 aromatic carbocycles. The second kappa shape index (κ2) is 7.91. The zero-order chi connectivity index (χ0) is 18.6. The van der Waals surface area contributed by atoms with Crippen LogP contribution < -0.4 is 5.32 Å². The van der Waals surface area contributed by atoms with Crippen molar-refractivity contribution >= 4 is 46.5 Å². The summed E-state index contributed by atoms with van der Waals surface area (Å²) in [4.78, 5) is 37.6. The molecule has 0 radical (unpaired) electrons. The van der Waals surface area contributed by atoms with Crippen LogP contribution in [0.4, 0.5) is 11.4 Å². The Labute approximate surface area is 151 Å². The first-order valence-corrected chi connectivity index (χ1v) is 7.56. The Bertz CT molecular complexity index is 857. The first-order chi connectivity index (χ1) is 11.8. The first-order valence-electron chi connectivity index (χ1n) is 6.81. The Morgan fingerprint density at radius 2 is 2.04 bits per heavy atom. The van der Waals surface area contributed by atoms with Gasteiger partial charge in [0, 0.05) is 18.3 Å². The molecule has 0 aliphatic carbocycles. The van der Waals surface area contributed by atoms with E-state index in [1.54, 1.807) is 6.92 Å². The van der Waals surface area contributed by atoms with Crippen LogP contribution in [0.25, 0.3) is 0 Å². The second-order valence-electron chi connectivity index (χ2n) is 4.88. The average molecular weight is 384 g/mol. The van der Waals surface area contributed by atoms with Gasteiger partial charge < -0.3 is 10.1 Å². The third-order valence-electron chi connectivity index (χ3n) is 3.07. The van der Waals surface area contributed by atoms with E-state index in [0.29, 0.717) is 5.56 Å². The van der Waals surface area contributed by atoms with Gasteiger partial charge in [-0.1, -0.05) is 29.3 Å². The van der Waals surface area contributed by atoms with E-state index in [-0.39, 0.29) is 27.1 Å². The summed E-state index contributed by atoms with van der Waals surface area (Å²) in [6, 6.07) is 5.31. The zero-order valence-corrected chi connectivity index (χ0v) is 14.3. The van der Waals surface area contributed by atoms with Crippen molar-refractivity contribution < 1.29 is 19.2 Å². The number of nitrogens with one attached hydrogen (secondary N) is 1. The summed E-state index contributed by atoms with van der Waals surface area (Å²) in [6.07, 6.45) is 1.17. The minimum atomic E-state index is -0.808. The van der Waals surface area contributed by atoms with Crippen molar-refractivity contribution in [2.24, 2.45) is 0 Å². The van der Waals surface area contributed by atoms with Gasteiger partial charge in [0.05, 0.1) is 21.2 Å². The van der Waals surface area contributed by atoms with Gasteiger partial charge in [-0.05, 0) is 18.6 Å². The summed E-state index contributed by atoms with van der Waals surface area (Å²) < 4.78 is 4.85. The molecule has 2 rings (SSSR count). The SMILES string of the molecule is Cc1ccc([N+](=O)[O-])cc1NC(=O)COC(=O)c1cnc(Cl)c(Cl)c1. The molecule has 1 N–H and O–H groups in total. The molecule has 1 amide bonds. The van der Waals surface area contributed by atoms with Crippen molar-refractivity contribution in [3.05, 3.63) is 61.9 Å². The Morgan fingerprint density at radius 1 is 1.32 bits per heavy atom. The summed E-state index contributed by atoms with van der Waals surface area (Å²) in [7, 11) is 0. The van der Waals surface area contributed by atoms with E-state index in [1.807, 2.05) is 0 Å². The highest BCUT2D eigenvalue weighted by atomic mass is 35.5. The molecule has 0 atom stereocenters. The number of carbonyl (C=O) groups excluding carboxylic acids is 2. The Morgan fingerprint density at radius 3 is 2.68 bits per heavy atom. The van der Waals surface area contributed by atoms with Crippen LogP contribution in [0.3, 0.4) is 0 Å². The molecule has 1 aromatic heterocycles. The minimum Gasteiger partial charge on any atom is -0.452 e. The van der Waals surface area contributed by atoms with E-state index >= 15 is 0 Å². The lowest BCUT2D eigenvalue weighted by Gasteiger charge is -2.09. The molecule has 0 spiro atoms. The molecule has 0 aliphatic heterocycles. The van der Waals surface area contributed by atoms with Crippen LogP contribution in [-0.2, 0) is 9.53 Å². The van der Waals surface area contributed by atoms with Gasteiger partial charge in [0.15, 0.2) is 6.61 Å². The molecule has 130 valence electrons. The number of ether oxygens (including phenoxy) is 1. The van der Waals surface area contributed by atoms with Crippen LogP contribution in [0.1, 0.15) is 15.9 Å². The van der Waals surface area contributed by atoms with Gasteiger partial charge in [-0.3, -0.25) is 14.9 Å². The lowest BCUT2D eigenvalue weighted by molar-refractivity contribution is -0.384. The predicted octanol–water partition coefficient (Wildman–Crippen LogP) is 3.40. The maximum atomic E-state index is 11.9. The Balaban J connectivity index is 1.98. The van der Waals surface area contributed by atoms with Crippen LogP contribution in [-0.4, -0.2) is 28.4 Å². The molecule has 0 unspecified atom stereocenters. The molecule has 0 fully saturated rings. The molecular weight excluding hydrogens is 373 g/mol. The lowest BCUT2D eigenvalue weighted by Crippen LogP contribution is -2.21. The number of nitro benzene ring substituents is 1. The molecule has 0 saturated carbocycles. The monoisotopic (exact) mass is 383 g/mol. The highest BCUT2D eigenvalue weighted by Crippen LogP contribution is 2.22. The number of hydrogen-bond acceptors (Lipinski definition) is 6. The number of nitro groups is 1. The molecule has 25 heavy (non-hydrogen) atoms. The molecule has 2 aromatic rings. The Kier molecular flexibility index (Phi) is 5.89. The van der Waals surface area contributed by atoms with Gasteiger partial charge in [0.1, 0.15) is 5.15 Å². The van der Waals surface area contributed by atoms with Crippen LogP contribution in [0.2, 0.25) is 10.2 Å². The van der Waals surface area contributed by atoms with Crippen LogP contribution in [0, 0.1) is 17.0 Å². The third-order valence-corrected chi connectivity index (χ3v) is 3.76. The number of halogens is 2. The quantitative estimate of drug-likeness (QED) is 0.366. The molecule has 1 heterocycles. The Hall–Kier alpha value is -2.71. The summed E-state index contributed by atoms with van der Waals surface area (Å²) >= 11 is 11.4. The maximum Gasteiger partial charge on any atom is 0.340 e. The fourth-order valence-electron chi connectivity index (χ4n) is 1.79. The fourth-order valence-corrected chi connectivity index (χ4v) is 2.06. The number of pyridine rings is 1. The van der Waals surface area contributed by atoms with Crippen LogP contribution in [0.15, 0.2) is 30.5 Å². The van der Waals surface area contributed by atoms with E-state index in [4.69, 9.17) is 27.9 Å². The number of rotatable bonds is 5. The molecular formula is C15H11Cl2N3O5. The predicted molar refractivity (Wildman–Crippen MR) is 91.0 cm³/mol. The number of nitrogens with zero attached hydrogens (tertiary/aromatic N) is 2. The second-order valence-corrected chi connectivity index (χ2v) is 5.64. The number of carbonyl (C=O) groups is 2. The van der Waals surface area contributed by atoms with Gasteiger partial charge in [0.2, 0.25) is 0 Å². The minimum absolute atomic E-state index is 0.0359. The zero-order valence-electron chi connectivity index (χ0n) is 12.8. The summed E-state index contributed by atoms with van der Waals surface area (Å²) in [5, 5.41) is 13.3.